The highest BCUT2D eigenvalue weighted by Gasteiger charge is 2.16. The Hall–Kier alpha value is -1.85. The topological polar surface area (TPSA) is 62.5 Å². The first kappa shape index (κ1) is 14.6. The van der Waals surface area contributed by atoms with Crippen molar-refractivity contribution in [1.29, 1.82) is 0 Å². The molecule has 0 saturated carbocycles. The smallest absolute Gasteiger partial charge is 0.252 e. The van der Waals surface area contributed by atoms with Gasteiger partial charge in [0.25, 0.3) is 5.91 Å². The predicted molar refractivity (Wildman–Crippen MR) is 72.1 cm³/mol. The molecule has 0 saturated heterocycles. The molecule has 1 amide bonds. The van der Waals surface area contributed by atoms with Gasteiger partial charge in [-0.15, -0.1) is 0 Å². The van der Waals surface area contributed by atoms with Gasteiger partial charge in [0.1, 0.15) is 17.7 Å². The minimum absolute atomic E-state index is 0.0260. The van der Waals surface area contributed by atoms with Crippen LogP contribution in [0.2, 0.25) is 5.02 Å². The maximum absolute atomic E-state index is 13.3. The molecule has 4 nitrogen and oxygen atoms in total. The van der Waals surface area contributed by atoms with E-state index in [4.69, 9.17) is 16.0 Å². The first-order valence-electron chi connectivity index (χ1n) is 5.94. The minimum atomic E-state index is -0.950. The summed E-state index contributed by atoms with van der Waals surface area (Å²) in [5, 5.41) is 12.3. The Labute approximate surface area is 120 Å². The number of aliphatic hydroxyl groups excluding tert-OH is 1. The second kappa shape index (κ2) is 6.07. The lowest BCUT2D eigenvalue weighted by Crippen LogP contribution is -2.28. The Balaban J connectivity index is 2.04. The van der Waals surface area contributed by atoms with Crippen molar-refractivity contribution in [2.45, 2.75) is 13.0 Å². The zero-order valence-corrected chi connectivity index (χ0v) is 11.4. The molecule has 0 aliphatic carbocycles. The van der Waals surface area contributed by atoms with E-state index in [0.29, 0.717) is 11.3 Å². The molecule has 0 aliphatic heterocycles. The van der Waals surface area contributed by atoms with E-state index in [1.165, 1.54) is 12.3 Å². The van der Waals surface area contributed by atoms with Crippen LogP contribution < -0.4 is 5.32 Å². The van der Waals surface area contributed by atoms with Gasteiger partial charge in [0.15, 0.2) is 0 Å². The lowest BCUT2D eigenvalue weighted by molar-refractivity contribution is 0.0901. The van der Waals surface area contributed by atoms with Crippen molar-refractivity contribution in [2.24, 2.45) is 0 Å². The number of rotatable bonds is 4. The first-order chi connectivity index (χ1) is 9.49. The summed E-state index contributed by atoms with van der Waals surface area (Å²) in [5.41, 5.74) is 0.489. The molecule has 2 rings (SSSR count). The Morgan fingerprint density at radius 1 is 1.55 bits per heavy atom. The predicted octanol–water partition coefficient (Wildman–Crippen LogP) is 2.84. The van der Waals surface area contributed by atoms with E-state index in [1.807, 2.05) is 0 Å². The molecule has 2 N–H and O–H groups in total. The number of hydrogen-bond acceptors (Lipinski definition) is 3. The van der Waals surface area contributed by atoms with Crippen LogP contribution in [0.15, 0.2) is 34.9 Å². The van der Waals surface area contributed by atoms with Gasteiger partial charge in [-0.25, -0.2) is 4.39 Å². The Morgan fingerprint density at radius 2 is 2.30 bits per heavy atom. The molecule has 0 fully saturated rings. The summed E-state index contributed by atoms with van der Waals surface area (Å²) in [7, 11) is 0. The zero-order valence-electron chi connectivity index (χ0n) is 10.7. The summed E-state index contributed by atoms with van der Waals surface area (Å²) in [6.07, 6.45) is 0.481. The molecule has 106 valence electrons. The third kappa shape index (κ3) is 3.18. The number of hydrogen-bond donors (Lipinski definition) is 2. The summed E-state index contributed by atoms with van der Waals surface area (Å²) < 4.78 is 18.3. The van der Waals surface area contributed by atoms with Crippen LogP contribution in [0.5, 0.6) is 0 Å². The largest absolute Gasteiger partial charge is 0.467 e. The molecule has 1 atom stereocenters. The van der Waals surface area contributed by atoms with Crippen LogP contribution >= 0.6 is 11.6 Å². The van der Waals surface area contributed by atoms with Gasteiger partial charge < -0.3 is 14.8 Å². The maximum Gasteiger partial charge on any atom is 0.252 e. The fraction of sp³-hybridized carbons (Fsp3) is 0.214. The number of halogens is 2. The first-order valence-corrected chi connectivity index (χ1v) is 6.32. The highest BCUT2D eigenvalue weighted by molar-refractivity contribution is 6.33. The molecule has 6 heteroatoms. The molecule has 1 aromatic carbocycles. The summed E-state index contributed by atoms with van der Waals surface area (Å²) in [6, 6.07) is 5.70. The summed E-state index contributed by atoms with van der Waals surface area (Å²) >= 11 is 5.83. The summed E-state index contributed by atoms with van der Waals surface area (Å²) in [6.45, 7) is 1.51. The van der Waals surface area contributed by atoms with Crippen molar-refractivity contribution in [2.75, 3.05) is 6.54 Å². The normalized spacial score (nSPS) is 12.2. The Morgan fingerprint density at radius 3 is 2.95 bits per heavy atom. The minimum Gasteiger partial charge on any atom is -0.467 e. The molecule has 2 aromatic rings. The molecule has 1 aromatic heterocycles. The van der Waals surface area contributed by atoms with Crippen LogP contribution in [-0.2, 0) is 0 Å². The molecular formula is C14H13ClFNO3. The van der Waals surface area contributed by atoms with E-state index < -0.39 is 17.8 Å². The number of furan rings is 1. The Bertz CT molecular complexity index is 613. The quantitative estimate of drug-likeness (QED) is 0.912. The average Bonchev–Trinajstić information content (AvgIpc) is 2.94. The van der Waals surface area contributed by atoms with Gasteiger partial charge in [-0.3, -0.25) is 4.79 Å². The van der Waals surface area contributed by atoms with Gasteiger partial charge in [-0.1, -0.05) is 11.6 Å². The van der Waals surface area contributed by atoms with Crippen LogP contribution in [0.1, 0.15) is 27.8 Å². The molecule has 0 spiro atoms. The van der Waals surface area contributed by atoms with Crippen LogP contribution in [-0.4, -0.2) is 17.6 Å². The zero-order chi connectivity index (χ0) is 14.7. The summed E-state index contributed by atoms with van der Waals surface area (Å²) in [4.78, 5) is 11.9. The van der Waals surface area contributed by atoms with Crippen LogP contribution in [0, 0.1) is 12.7 Å². The summed E-state index contributed by atoms with van der Waals surface area (Å²) in [5.74, 6) is -0.599. The van der Waals surface area contributed by atoms with Gasteiger partial charge in [0.05, 0.1) is 23.4 Å². The number of aliphatic hydroxyl groups is 1. The lowest BCUT2D eigenvalue weighted by Gasteiger charge is -2.11. The maximum atomic E-state index is 13.3. The van der Waals surface area contributed by atoms with Crippen molar-refractivity contribution in [3.05, 3.63) is 58.3 Å². The van der Waals surface area contributed by atoms with Crippen molar-refractivity contribution in [3.63, 3.8) is 0 Å². The van der Waals surface area contributed by atoms with Crippen LogP contribution in [0.25, 0.3) is 0 Å². The molecule has 0 radical (unpaired) electrons. The Kier molecular flexibility index (Phi) is 4.42. The van der Waals surface area contributed by atoms with Gasteiger partial charge in [0, 0.05) is 0 Å². The molecule has 1 unspecified atom stereocenters. The third-order valence-electron chi connectivity index (χ3n) is 2.82. The number of aryl methyl sites for hydroxylation is 1. The second-order valence-electron chi connectivity index (χ2n) is 4.32. The van der Waals surface area contributed by atoms with Crippen molar-refractivity contribution >= 4 is 17.5 Å². The average molecular weight is 298 g/mol. The highest BCUT2D eigenvalue weighted by Crippen LogP contribution is 2.20. The van der Waals surface area contributed by atoms with Gasteiger partial charge in [0.2, 0.25) is 0 Å². The number of carbonyl (C=O) groups is 1. The monoisotopic (exact) mass is 297 g/mol. The third-order valence-corrected chi connectivity index (χ3v) is 3.13. The van der Waals surface area contributed by atoms with Gasteiger partial charge >= 0.3 is 0 Å². The van der Waals surface area contributed by atoms with Crippen molar-refractivity contribution in [3.8, 4) is 0 Å². The molecule has 0 bridgehead atoms. The van der Waals surface area contributed by atoms with Gasteiger partial charge in [-0.05, 0) is 36.8 Å². The van der Waals surface area contributed by atoms with E-state index >= 15 is 0 Å². The molecule has 20 heavy (non-hydrogen) atoms. The number of amides is 1. The molecule has 1 heterocycles. The SMILES string of the molecule is Cc1cc(C(=O)NCC(O)c2ccco2)c(Cl)cc1F. The lowest BCUT2D eigenvalue weighted by atomic mass is 10.1. The van der Waals surface area contributed by atoms with E-state index in [2.05, 4.69) is 5.32 Å². The second-order valence-corrected chi connectivity index (χ2v) is 4.73. The number of benzene rings is 1. The number of carbonyl (C=O) groups excluding carboxylic acids is 1. The fourth-order valence-corrected chi connectivity index (χ4v) is 1.93. The molecular weight excluding hydrogens is 285 g/mol. The van der Waals surface area contributed by atoms with E-state index in [1.54, 1.807) is 19.1 Å². The van der Waals surface area contributed by atoms with Crippen LogP contribution in [0.4, 0.5) is 4.39 Å². The van der Waals surface area contributed by atoms with E-state index in [-0.39, 0.29) is 17.1 Å². The van der Waals surface area contributed by atoms with Crippen molar-refractivity contribution in [1.82, 2.24) is 5.32 Å². The molecule has 0 aliphatic rings. The standard InChI is InChI=1S/C14H13ClFNO3/c1-8-5-9(10(15)6-11(8)16)14(19)17-7-12(18)13-3-2-4-20-13/h2-6,12,18H,7H2,1H3,(H,17,19). The van der Waals surface area contributed by atoms with Crippen LogP contribution in [0.3, 0.4) is 0 Å². The van der Waals surface area contributed by atoms with E-state index in [9.17, 15) is 14.3 Å². The van der Waals surface area contributed by atoms with Crippen molar-refractivity contribution < 1.29 is 18.7 Å². The highest BCUT2D eigenvalue weighted by atomic mass is 35.5. The fourth-order valence-electron chi connectivity index (χ4n) is 1.70. The van der Waals surface area contributed by atoms with E-state index in [0.717, 1.165) is 6.07 Å². The number of nitrogens with one attached hydrogen (secondary N) is 1. The van der Waals surface area contributed by atoms with Gasteiger partial charge in [-0.2, -0.15) is 0 Å².